The lowest BCUT2D eigenvalue weighted by atomic mass is 10.0. The van der Waals surface area contributed by atoms with Gasteiger partial charge in [0.1, 0.15) is 0 Å². The maximum absolute atomic E-state index is 13.1. The fraction of sp³-hybridized carbons (Fsp3) is 0.409. The van der Waals surface area contributed by atoms with Gasteiger partial charge in [0.2, 0.25) is 10.0 Å². The van der Waals surface area contributed by atoms with Crippen LogP contribution in [-0.4, -0.2) is 37.8 Å². The van der Waals surface area contributed by atoms with Gasteiger partial charge in [-0.25, -0.2) is 8.42 Å². The Labute approximate surface area is 180 Å². The number of halogens is 3. The van der Waals surface area contributed by atoms with Crippen molar-refractivity contribution in [2.75, 3.05) is 13.1 Å². The van der Waals surface area contributed by atoms with Crippen molar-refractivity contribution in [2.45, 2.75) is 49.7 Å². The Kier molecular flexibility index (Phi) is 7.06. The molecule has 1 aliphatic heterocycles. The van der Waals surface area contributed by atoms with Crippen LogP contribution in [0.2, 0.25) is 0 Å². The molecule has 1 fully saturated rings. The molecule has 1 saturated heterocycles. The zero-order valence-corrected chi connectivity index (χ0v) is 18.0. The molecule has 1 unspecified atom stereocenters. The van der Waals surface area contributed by atoms with E-state index in [-0.39, 0.29) is 23.0 Å². The van der Waals surface area contributed by atoms with Crippen LogP contribution in [0.1, 0.15) is 47.2 Å². The molecule has 1 aliphatic rings. The first-order valence-electron chi connectivity index (χ1n) is 10.1. The molecule has 0 aromatic heterocycles. The van der Waals surface area contributed by atoms with Crippen LogP contribution in [0.25, 0.3) is 0 Å². The summed E-state index contributed by atoms with van der Waals surface area (Å²) in [4.78, 5) is 12.5. The van der Waals surface area contributed by atoms with Crippen molar-refractivity contribution >= 4 is 15.9 Å². The van der Waals surface area contributed by atoms with Crippen LogP contribution in [-0.2, 0) is 16.2 Å². The lowest BCUT2D eigenvalue weighted by Gasteiger charge is -2.34. The van der Waals surface area contributed by atoms with Gasteiger partial charge < -0.3 is 5.32 Å². The van der Waals surface area contributed by atoms with E-state index in [0.717, 1.165) is 30.5 Å². The number of benzene rings is 2. The minimum Gasteiger partial charge on any atom is -0.352 e. The topological polar surface area (TPSA) is 66.5 Å². The number of nitrogens with one attached hydrogen (secondary N) is 1. The first-order chi connectivity index (χ1) is 14.6. The summed E-state index contributed by atoms with van der Waals surface area (Å²) in [7, 11) is -3.66. The molecular weight excluding hydrogens is 429 g/mol. The van der Waals surface area contributed by atoms with Crippen LogP contribution in [0.3, 0.4) is 0 Å². The van der Waals surface area contributed by atoms with E-state index in [9.17, 15) is 26.4 Å². The van der Waals surface area contributed by atoms with E-state index in [0.29, 0.717) is 19.4 Å². The molecule has 3 rings (SSSR count). The number of hydrogen-bond acceptors (Lipinski definition) is 3. The maximum atomic E-state index is 13.1. The van der Waals surface area contributed by atoms with Crippen LogP contribution in [0.4, 0.5) is 13.2 Å². The molecule has 1 heterocycles. The SMILES string of the molecule is Cc1ccc(S(=O)(=O)N2CCCCC2CCNC(=O)c2cccc(C(F)(F)F)c2)cc1. The maximum Gasteiger partial charge on any atom is 0.416 e. The number of carbonyl (C=O) groups excluding carboxylic acids is 1. The molecule has 1 amide bonds. The van der Waals surface area contributed by atoms with Gasteiger partial charge in [-0.3, -0.25) is 4.79 Å². The summed E-state index contributed by atoms with van der Waals surface area (Å²) in [6.45, 7) is 2.45. The highest BCUT2D eigenvalue weighted by molar-refractivity contribution is 7.89. The van der Waals surface area contributed by atoms with E-state index >= 15 is 0 Å². The van der Waals surface area contributed by atoms with Crippen LogP contribution in [0.15, 0.2) is 53.4 Å². The molecule has 168 valence electrons. The number of piperidine rings is 1. The third-order valence-electron chi connectivity index (χ3n) is 5.42. The molecule has 2 aromatic rings. The second-order valence-corrected chi connectivity index (χ2v) is 9.59. The molecule has 0 bridgehead atoms. The number of amides is 1. The molecule has 0 spiro atoms. The summed E-state index contributed by atoms with van der Waals surface area (Å²) in [6, 6.07) is 10.6. The fourth-order valence-electron chi connectivity index (χ4n) is 3.72. The van der Waals surface area contributed by atoms with Crippen molar-refractivity contribution < 1.29 is 26.4 Å². The molecule has 0 aliphatic carbocycles. The molecule has 1 N–H and O–H groups in total. The summed E-state index contributed by atoms with van der Waals surface area (Å²) >= 11 is 0. The predicted molar refractivity (Wildman–Crippen MR) is 111 cm³/mol. The van der Waals surface area contributed by atoms with E-state index in [1.165, 1.54) is 16.4 Å². The average molecular weight is 455 g/mol. The summed E-state index contributed by atoms with van der Waals surface area (Å²) in [5, 5.41) is 2.62. The second-order valence-electron chi connectivity index (χ2n) is 7.70. The first-order valence-corrected chi connectivity index (χ1v) is 11.6. The molecule has 5 nitrogen and oxygen atoms in total. The van der Waals surface area contributed by atoms with Gasteiger partial charge in [-0.1, -0.05) is 30.2 Å². The molecular formula is C22H25F3N2O3S. The Balaban J connectivity index is 1.65. The molecule has 9 heteroatoms. The van der Waals surface area contributed by atoms with Gasteiger partial charge in [-0.15, -0.1) is 0 Å². The van der Waals surface area contributed by atoms with Crippen molar-refractivity contribution in [2.24, 2.45) is 0 Å². The zero-order valence-electron chi connectivity index (χ0n) is 17.2. The van der Waals surface area contributed by atoms with E-state index in [1.807, 2.05) is 6.92 Å². The standard InChI is InChI=1S/C22H25F3N2O3S/c1-16-8-10-20(11-9-16)31(29,30)27-14-3-2-7-19(27)12-13-26-21(28)17-5-4-6-18(15-17)22(23,24)25/h4-6,8-11,15,19H,2-3,7,12-14H2,1H3,(H,26,28). The van der Waals surface area contributed by atoms with E-state index in [4.69, 9.17) is 0 Å². The van der Waals surface area contributed by atoms with Crippen molar-refractivity contribution in [3.63, 3.8) is 0 Å². The largest absolute Gasteiger partial charge is 0.416 e. The van der Waals surface area contributed by atoms with Crippen LogP contribution >= 0.6 is 0 Å². The van der Waals surface area contributed by atoms with Gasteiger partial charge in [0, 0.05) is 24.7 Å². The van der Waals surface area contributed by atoms with E-state index < -0.39 is 27.7 Å². The van der Waals surface area contributed by atoms with Crippen molar-refractivity contribution in [1.82, 2.24) is 9.62 Å². The Hall–Kier alpha value is -2.39. The van der Waals surface area contributed by atoms with Gasteiger partial charge >= 0.3 is 6.18 Å². The molecule has 1 atom stereocenters. The minimum absolute atomic E-state index is 0.0809. The van der Waals surface area contributed by atoms with Crippen LogP contribution < -0.4 is 5.32 Å². The Morgan fingerprint density at radius 1 is 1.13 bits per heavy atom. The summed E-state index contributed by atoms with van der Waals surface area (Å²) in [5.74, 6) is -0.616. The van der Waals surface area contributed by atoms with Crippen molar-refractivity contribution in [3.8, 4) is 0 Å². The van der Waals surface area contributed by atoms with Crippen molar-refractivity contribution in [1.29, 1.82) is 0 Å². The summed E-state index contributed by atoms with van der Waals surface area (Å²) in [5.41, 5.74) is -0.00292. The molecule has 2 aromatic carbocycles. The monoisotopic (exact) mass is 454 g/mol. The minimum atomic E-state index is -4.52. The van der Waals surface area contributed by atoms with E-state index in [2.05, 4.69) is 5.32 Å². The Morgan fingerprint density at radius 2 is 1.84 bits per heavy atom. The number of aryl methyl sites for hydroxylation is 1. The number of nitrogens with zero attached hydrogens (tertiary/aromatic N) is 1. The van der Waals surface area contributed by atoms with Gasteiger partial charge in [-0.2, -0.15) is 17.5 Å². The number of sulfonamides is 1. The van der Waals surface area contributed by atoms with Gasteiger partial charge in [0.15, 0.2) is 0 Å². The number of hydrogen-bond donors (Lipinski definition) is 1. The number of alkyl halides is 3. The third-order valence-corrected chi connectivity index (χ3v) is 7.38. The summed E-state index contributed by atoms with van der Waals surface area (Å²) < 4.78 is 66.2. The van der Waals surface area contributed by atoms with Gasteiger partial charge in [0.25, 0.3) is 5.91 Å². The van der Waals surface area contributed by atoms with E-state index in [1.54, 1.807) is 24.3 Å². The Bertz CT molecular complexity index is 1020. The number of rotatable bonds is 6. The third kappa shape index (κ3) is 5.65. The van der Waals surface area contributed by atoms with Gasteiger partial charge in [-0.05, 0) is 56.5 Å². The first kappa shape index (κ1) is 23.3. The van der Waals surface area contributed by atoms with Crippen molar-refractivity contribution in [3.05, 3.63) is 65.2 Å². The number of carbonyl (C=O) groups is 1. The smallest absolute Gasteiger partial charge is 0.352 e. The summed E-state index contributed by atoms with van der Waals surface area (Å²) in [6.07, 6.45) is -1.83. The molecule has 31 heavy (non-hydrogen) atoms. The highest BCUT2D eigenvalue weighted by Crippen LogP contribution is 2.30. The van der Waals surface area contributed by atoms with Crippen LogP contribution in [0.5, 0.6) is 0 Å². The molecule has 0 radical (unpaired) electrons. The van der Waals surface area contributed by atoms with Crippen LogP contribution in [0, 0.1) is 6.92 Å². The molecule has 0 saturated carbocycles. The zero-order chi connectivity index (χ0) is 22.6. The lowest BCUT2D eigenvalue weighted by Crippen LogP contribution is -2.45. The lowest BCUT2D eigenvalue weighted by molar-refractivity contribution is -0.137. The predicted octanol–water partition coefficient (Wildman–Crippen LogP) is 4.38. The fourth-order valence-corrected chi connectivity index (χ4v) is 5.44. The Morgan fingerprint density at radius 3 is 2.52 bits per heavy atom. The average Bonchev–Trinajstić information content (AvgIpc) is 2.74. The second kappa shape index (κ2) is 9.40. The normalized spacial score (nSPS) is 18.0. The highest BCUT2D eigenvalue weighted by atomic mass is 32.2. The van der Waals surface area contributed by atoms with Gasteiger partial charge in [0.05, 0.1) is 10.5 Å². The quantitative estimate of drug-likeness (QED) is 0.705. The highest BCUT2D eigenvalue weighted by Gasteiger charge is 2.33.